The quantitative estimate of drug-likeness (QED) is 0.491. The number of aliphatic hydroxyl groups is 4. The lowest BCUT2D eigenvalue weighted by atomic mass is 9.60. The van der Waals surface area contributed by atoms with Gasteiger partial charge >= 0.3 is 0 Å². The molecule has 7 unspecified atom stereocenters. The number of allylic oxidation sites excluding steroid dienone is 3. The summed E-state index contributed by atoms with van der Waals surface area (Å²) < 4.78 is 0. The van der Waals surface area contributed by atoms with Crippen LogP contribution in [0, 0.1) is 23.2 Å². The van der Waals surface area contributed by atoms with Crippen LogP contribution in [0.2, 0.25) is 0 Å². The molecule has 0 saturated heterocycles. The highest BCUT2D eigenvalue weighted by atomic mass is 16.3. The fourth-order valence-electron chi connectivity index (χ4n) is 6.65. The molecule has 0 bridgehead atoms. The molecule has 0 heterocycles. The molecule has 4 heteroatoms. The van der Waals surface area contributed by atoms with Crippen molar-refractivity contribution in [2.75, 3.05) is 0 Å². The maximum atomic E-state index is 10.3. The third kappa shape index (κ3) is 5.35. The first-order chi connectivity index (χ1) is 14.4. The van der Waals surface area contributed by atoms with Crippen LogP contribution in [0.3, 0.4) is 0 Å². The summed E-state index contributed by atoms with van der Waals surface area (Å²) in [6.07, 6.45) is 11.1. The van der Waals surface area contributed by atoms with E-state index >= 15 is 0 Å². The lowest BCUT2D eigenvalue weighted by molar-refractivity contribution is -0.0554. The van der Waals surface area contributed by atoms with Crippen LogP contribution in [0.4, 0.5) is 0 Å². The Morgan fingerprint density at radius 3 is 2.58 bits per heavy atom. The molecule has 0 amide bonds. The standard InChI is InChI=1S/C27H44O4/c1-17(8-13-25(30)26(3,4)31)22-11-12-23-19(7-6-14-27(22,23)5)9-10-20-15-21(28)16-24(29)18(20)2/h9-10,17,21-25,28-31H,2,6-8,11-16H2,1,3-5H3/b19-9+,20-10-. The van der Waals surface area contributed by atoms with Gasteiger partial charge in [-0.1, -0.05) is 38.2 Å². The second-order valence-electron chi connectivity index (χ2n) is 11.4. The number of fused-ring (bicyclic) bond motifs is 1. The maximum Gasteiger partial charge on any atom is 0.0849 e. The second-order valence-corrected chi connectivity index (χ2v) is 11.4. The molecule has 4 N–H and O–H groups in total. The molecule has 4 nitrogen and oxygen atoms in total. The Labute approximate surface area is 188 Å². The molecular formula is C27H44O4. The largest absolute Gasteiger partial charge is 0.393 e. The average molecular weight is 433 g/mol. The van der Waals surface area contributed by atoms with Crippen molar-refractivity contribution < 1.29 is 20.4 Å². The monoisotopic (exact) mass is 432 g/mol. The zero-order valence-electron chi connectivity index (χ0n) is 20.0. The zero-order chi connectivity index (χ0) is 23.0. The van der Waals surface area contributed by atoms with E-state index in [0.29, 0.717) is 37.0 Å². The molecule has 0 radical (unpaired) electrons. The van der Waals surface area contributed by atoms with E-state index in [1.54, 1.807) is 13.8 Å². The van der Waals surface area contributed by atoms with E-state index in [1.807, 2.05) is 0 Å². The highest BCUT2D eigenvalue weighted by Gasteiger charge is 2.50. The Hall–Kier alpha value is -0.940. The molecule has 0 aromatic heterocycles. The molecule has 3 rings (SSSR count). The van der Waals surface area contributed by atoms with E-state index in [2.05, 4.69) is 32.6 Å². The third-order valence-electron chi connectivity index (χ3n) is 8.70. The van der Waals surface area contributed by atoms with Gasteiger partial charge in [0.25, 0.3) is 0 Å². The van der Waals surface area contributed by atoms with Gasteiger partial charge in [-0.3, -0.25) is 0 Å². The summed E-state index contributed by atoms with van der Waals surface area (Å²) in [7, 11) is 0. The fourth-order valence-corrected chi connectivity index (χ4v) is 6.65. The van der Waals surface area contributed by atoms with Crippen molar-refractivity contribution in [2.45, 2.75) is 109 Å². The van der Waals surface area contributed by atoms with Gasteiger partial charge in [-0.25, -0.2) is 0 Å². The van der Waals surface area contributed by atoms with Crippen molar-refractivity contribution in [2.24, 2.45) is 23.2 Å². The van der Waals surface area contributed by atoms with Crippen LogP contribution in [0.25, 0.3) is 0 Å². The topological polar surface area (TPSA) is 80.9 Å². The van der Waals surface area contributed by atoms with Crippen LogP contribution < -0.4 is 0 Å². The predicted molar refractivity (Wildman–Crippen MR) is 125 cm³/mol. The van der Waals surface area contributed by atoms with E-state index in [4.69, 9.17) is 0 Å². The smallest absolute Gasteiger partial charge is 0.0849 e. The lowest BCUT2D eigenvalue weighted by Gasteiger charge is -2.44. The Morgan fingerprint density at radius 1 is 1.19 bits per heavy atom. The molecule has 3 aliphatic rings. The summed E-state index contributed by atoms with van der Waals surface area (Å²) >= 11 is 0. The Kier molecular flexibility index (Phi) is 7.57. The average Bonchev–Trinajstić information content (AvgIpc) is 3.04. The zero-order valence-corrected chi connectivity index (χ0v) is 20.0. The molecule has 176 valence electrons. The van der Waals surface area contributed by atoms with E-state index in [9.17, 15) is 20.4 Å². The van der Waals surface area contributed by atoms with Gasteiger partial charge in [0.15, 0.2) is 0 Å². The van der Waals surface area contributed by atoms with Gasteiger partial charge in [0.2, 0.25) is 0 Å². The minimum Gasteiger partial charge on any atom is -0.393 e. The van der Waals surface area contributed by atoms with Crippen molar-refractivity contribution in [1.29, 1.82) is 0 Å². The SMILES string of the molecule is C=C1/C(=C\C=C2/CCCC3(C)C2CCC3C(C)CCC(O)C(C)(C)O)CC(O)CC1O. The summed E-state index contributed by atoms with van der Waals surface area (Å²) in [5.41, 5.74) is 2.48. The van der Waals surface area contributed by atoms with Gasteiger partial charge in [-0.15, -0.1) is 0 Å². The summed E-state index contributed by atoms with van der Waals surface area (Å²) in [4.78, 5) is 0. The van der Waals surface area contributed by atoms with Gasteiger partial charge in [0.1, 0.15) is 0 Å². The van der Waals surface area contributed by atoms with Gasteiger partial charge < -0.3 is 20.4 Å². The predicted octanol–water partition coefficient (Wildman–Crippen LogP) is 4.68. The first kappa shape index (κ1) is 24.7. The summed E-state index contributed by atoms with van der Waals surface area (Å²) in [6, 6.07) is 0. The summed E-state index contributed by atoms with van der Waals surface area (Å²) in [6.45, 7) is 12.2. The van der Waals surface area contributed by atoms with Gasteiger partial charge in [-0.2, -0.15) is 0 Å². The number of hydrogen-bond acceptors (Lipinski definition) is 4. The summed E-state index contributed by atoms with van der Waals surface area (Å²) in [5, 5.41) is 40.5. The first-order valence-electron chi connectivity index (χ1n) is 12.3. The van der Waals surface area contributed by atoms with Crippen LogP contribution in [0.15, 0.2) is 35.5 Å². The molecule has 3 aliphatic carbocycles. The Bertz CT molecular complexity index is 715. The van der Waals surface area contributed by atoms with Crippen molar-refractivity contribution in [1.82, 2.24) is 0 Å². The second kappa shape index (κ2) is 9.51. The first-order valence-corrected chi connectivity index (χ1v) is 12.3. The van der Waals surface area contributed by atoms with Crippen LogP contribution >= 0.6 is 0 Å². The van der Waals surface area contributed by atoms with Crippen molar-refractivity contribution >= 4 is 0 Å². The molecular weight excluding hydrogens is 388 g/mol. The molecule has 0 aromatic rings. The van der Waals surface area contributed by atoms with E-state index in [-0.39, 0.29) is 5.41 Å². The van der Waals surface area contributed by atoms with Crippen LogP contribution in [0.1, 0.15) is 85.5 Å². The minimum atomic E-state index is -1.04. The number of rotatable bonds is 6. The molecule has 3 fully saturated rings. The van der Waals surface area contributed by atoms with Crippen LogP contribution in [0.5, 0.6) is 0 Å². The van der Waals surface area contributed by atoms with E-state index in [1.165, 1.54) is 31.3 Å². The van der Waals surface area contributed by atoms with E-state index in [0.717, 1.165) is 24.0 Å². The highest BCUT2D eigenvalue weighted by molar-refractivity contribution is 5.38. The molecule has 3 saturated carbocycles. The van der Waals surface area contributed by atoms with Crippen molar-refractivity contribution in [3.8, 4) is 0 Å². The fraction of sp³-hybridized carbons (Fsp3) is 0.778. The number of hydrogen-bond donors (Lipinski definition) is 4. The van der Waals surface area contributed by atoms with Gasteiger partial charge in [0, 0.05) is 6.42 Å². The minimum absolute atomic E-state index is 0.282. The van der Waals surface area contributed by atoms with Crippen LogP contribution in [-0.2, 0) is 0 Å². The van der Waals surface area contributed by atoms with Crippen molar-refractivity contribution in [3.05, 3.63) is 35.5 Å². The third-order valence-corrected chi connectivity index (χ3v) is 8.70. The molecule has 7 atom stereocenters. The normalized spacial score (nSPS) is 39.0. The lowest BCUT2D eigenvalue weighted by Crippen LogP contribution is -2.38. The molecule has 31 heavy (non-hydrogen) atoms. The van der Waals surface area contributed by atoms with Crippen molar-refractivity contribution in [3.63, 3.8) is 0 Å². The summed E-state index contributed by atoms with van der Waals surface area (Å²) in [5.74, 6) is 1.74. The Balaban J connectivity index is 1.71. The van der Waals surface area contributed by atoms with E-state index < -0.39 is 23.9 Å². The highest BCUT2D eigenvalue weighted by Crippen LogP contribution is 2.60. The van der Waals surface area contributed by atoms with Crippen LogP contribution in [-0.4, -0.2) is 44.3 Å². The number of aliphatic hydroxyl groups excluding tert-OH is 3. The van der Waals surface area contributed by atoms with Gasteiger partial charge in [0.05, 0.1) is 23.9 Å². The Morgan fingerprint density at radius 2 is 1.90 bits per heavy atom. The molecule has 0 spiro atoms. The molecule has 0 aromatic carbocycles. The maximum absolute atomic E-state index is 10.3. The molecule has 0 aliphatic heterocycles. The van der Waals surface area contributed by atoms with Gasteiger partial charge in [-0.05, 0) is 99.5 Å².